The normalized spacial score (nSPS) is 27.4. The van der Waals surface area contributed by atoms with E-state index >= 15 is 0 Å². The van der Waals surface area contributed by atoms with Gasteiger partial charge in [0.1, 0.15) is 0 Å². The molecule has 0 saturated heterocycles. The van der Waals surface area contributed by atoms with Crippen LogP contribution in [0.4, 0.5) is 0 Å². The second-order valence-corrected chi connectivity index (χ2v) is 13.3. The van der Waals surface area contributed by atoms with Crippen LogP contribution < -0.4 is 0 Å². The Morgan fingerprint density at radius 1 is 1.39 bits per heavy atom. The van der Waals surface area contributed by atoms with Crippen LogP contribution >= 0.6 is 0 Å². The van der Waals surface area contributed by atoms with Gasteiger partial charge in [-0.1, -0.05) is 46.5 Å². The van der Waals surface area contributed by atoms with Gasteiger partial charge >= 0.3 is 5.97 Å². The van der Waals surface area contributed by atoms with Crippen LogP contribution in [0.25, 0.3) is 0 Å². The Morgan fingerprint density at radius 2 is 1.94 bits per heavy atom. The molecule has 0 aliphatic heterocycles. The lowest BCUT2D eigenvalue weighted by Crippen LogP contribution is -2.24. The van der Waals surface area contributed by atoms with Crippen LogP contribution in [0.1, 0.15) is 40.0 Å². The van der Waals surface area contributed by atoms with E-state index < -0.39 is 8.07 Å². The van der Waals surface area contributed by atoms with Gasteiger partial charge in [-0.25, -0.2) is 0 Å². The number of carbonyl (C=O) groups is 1. The molecule has 0 amide bonds. The highest BCUT2D eigenvalue weighted by atomic mass is 28.3. The van der Waals surface area contributed by atoms with Gasteiger partial charge in [-0.15, -0.1) is 0 Å². The molecule has 1 aliphatic rings. The van der Waals surface area contributed by atoms with E-state index in [9.17, 15) is 4.79 Å². The third kappa shape index (κ3) is 4.41. The zero-order valence-corrected chi connectivity index (χ0v) is 14.0. The van der Waals surface area contributed by atoms with Crippen LogP contribution in [-0.4, -0.2) is 20.7 Å². The summed E-state index contributed by atoms with van der Waals surface area (Å²) < 4.78 is 5.52. The van der Waals surface area contributed by atoms with Crippen molar-refractivity contribution in [2.75, 3.05) is 6.61 Å². The number of esters is 1. The van der Waals surface area contributed by atoms with Crippen LogP contribution in [0.2, 0.25) is 25.7 Å². The summed E-state index contributed by atoms with van der Waals surface area (Å²) in [5, 5.41) is 0. The smallest absolute Gasteiger partial charge is 0.312 e. The van der Waals surface area contributed by atoms with Crippen molar-refractivity contribution in [1.82, 2.24) is 0 Å². The lowest BCUT2D eigenvalue weighted by molar-refractivity contribution is -0.151. The Labute approximate surface area is 113 Å². The summed E-state index contributed by atoms with van der Waals surface area (Å²) >= 11 is 0. The van der Waals surface area contributed by atoms with Crippen molar-refractivity contribution in [3.8, 4) is 0 Å². The predicted molar refractivity (Wildman–Crippen MR) is 79.4 cm³/mol. The highest BCUT2D eigenvalue weighted by Crippen LogP contribution is 2.57. The van der Waals surface area contributed by atoms with E-state index in [1.165, 1.54) is 6.04 Å². The summed E-state index contributed by atoms with van der Waals surface area (Å²) in [6.07, 6.45) is 3.05. The lowest BCUT2D eigenvalue weighted by atomic mass is 9.92. The molecule has 3 heteroatoms. The summed E-state index contributed by atoms with van der Waals surface area (Å²) in [5.74, 6) is 1.16. The standard InChI is InChI=1S/C15H30O2Si/c1-12(2)10-15(11-13(15)3)14(16)17-8-7-9-18(4,5)6/h12-13H,7-11H2,1-6H3. The average molecular weight is 270 g/mol. The Bertz CT molecular complexity index is 293. The summed E-state index contributed by atoms with van der Waals surface area (Å²) in [6, 6.07) is 1.24. The number of carbonyl (C=O) groups excluding carboxylic acids is 1. The summed E-state index contributed by atoms with van der Waals surface area (Å²) in [6.45, 7) is 14.2. The summed E-state index contributed by atoms with van der Waals surface area (Å²) in [4.78, 5) is 12.2. The van der Waals surface area contributed by atoms with E-state index in [2.05, 4.69) is 40.4 Å². The van der Waals surface area contributed by atoms with Crippen molar-refractivity contribution >= 4 is 14.0 Å². The van der Waals surface area contributed by atoms with Crippen LogP contribution in [0, 0.1) is 17.3 Å². The Kier molecular flexibility index (Phi) is 5.04. The molecule has 0 heterocycles. The van der Waals surface area contributed by atoms with E-state index in [1.807, 2.05) is 0 Å². The third-order valence-electron chi connectivity index (χ3n) is 3.94. The average Bonchev–Trinajstić information content (AvgIpc) is 2.82. The quantitative estimate of drug-likeness (QED) is 0.391. The maximum Gasteiger partial charge on any atom is 0.312 e. The zero-order valence-electron chi connectivity index (χ0n) is 13.0. The minimum Gasteiger partial charge on any atom is -0.465 e. The Hall–Kier alpha value is -0.313. The van der Waals surface area contributed by atoms with Gasteiger partial charge in [0.15, 0.2) is 0 Å². The highest BCUT2D eigenvalue weighted by molar-refractivity contribution is 6.76. The minimum absolute atomic E-state index is 0.0688. The molecule has 18 heavy (non-hydrogen) atoms. The number of hydrogen-bond acceptors (Lipinski definition) is 2. The van der Waals surface area contributed by atoms with Crippen LogP contribution in [0.5, 0.6) is 0 Å². The molecule has 0 aromatic heterocycles. The summed E-state index contributed by atoms with van der Waals surface area (Å²) in [7, 11) is -0.990. The fourth-order valence-corrected chi connectivity index (χ4v) is 3.98. The van der Waals surface area contributed by atoms with Crippen molar-refractivity contribution < 1.29 is 9.53 Å². The van der Waals surface area contributed by atoms with Gasteiger partial charge in [-0.3, -0.25) is 4.79 Å². The summed E-state index contributed by atoms with van der Waals surface area (Å²) in [5.41, 5.74) is -0.132. The topological polar surface area (TPSA) is 26.3 Å². The monoisotopic (exact) mass is 270 g/mol. The third-order valence-corrected chi connectivity index (χ3v) is 5.79. The molecule has 2 nitrogen and oxygen atoms in total. The molecular weight excluding hydrogens is 240 g/mol. The molecule has 0 spiro atoms. The van der Waals surface area contributed by atoms with Gasteiger partial charge in [-0.05, 0) is 31.1 Å². The van der Waals surface area contributed by atoms with Gasteiger partial charge in [0.05, 0.1) is 12.0 Å². The molecule has 1 rings (SSSR count). The molecule has 0 N–H and O–H groups in total. The van der Waals surface area contributed by atoms with E-state index in [0.717, 1.165) is 19.3 Å². The maximum absolute atomic E-state index is 12.2. The molecule has 106 valence electrons. The van der Waals surface area contributed by atoms with Gasteiger partial charge in [0.2, 0.25) is 0 Å². The number of hydrogen-bond donors (Lipinski definition) is 0. The maximum atomic E-state index is 12.2. The van der Waals surface area contributed by atoms with Gasteiger partial charge in [0.25, 0.3) is 0 Å². The van der Waals surface area contributed by atoms with Crippen LogP contribution in [-0.2, 0) is 9.53 Å². The second kappa shape index (κ2) is 5.77. The Morgan fingerprint density at radius 3 is 2.33 bits per heavy atom. The molecule has 0 bridgehead atoms. The van der Waals surface area contributed by atoms with Crippen molar-refractivity contribution in [3.05, 3.63) is 0 Å². The van der Waals surface area contributed by atoms with Crippen molar-refractivity contribution in [2.45, 2.75) is 65.7 Å². The molecule has 2 unspecified atom stereocenters. The van der Waals surface area contributed by atoms with Crippen molar-refractivity contribution in [2.24, 2.45) is 17.3 Å². The van der Waals surface area contributed by atoms with E-state index in [-0.39, 0.29) is 11.4 Å². The molecule has 0 aromatic carbocycles. The Balaban J connectivity index is 2.32. The molecular formula is C15H30O2Si. The zero-order chi connectivity index (χ0) is 14.0. The first-order valence-corrected chi connectivity index (χ1v) is 11.1. The SMILES string of the molecule is CC(C)CC1(C(=O)OCCC[Si](C)(C)C)CC1C. The fraction of sp³-hybridized carbons (Fsp3) is 0.933. The lowest BCUT2D eigenvalue weighted by Gasteiger charge is -2.19. The largest absolute Gasteiger partial charge is 0.465 e. The van der Waals surface area contributed by atoms with Crippen molar-refractivity contribution in [3.63, 3.8) is 0 Å². The van der Waals surface area contributed by atoms with Crippen LogP contribution in [0.3, 0.4) is 0 Å². The van der Waals surface area contributed by atoms with Gasteiger partial charge in [-0.2, -0.15) is 0 Å². The molecule has 0 radical (unpaired) electrons. The molecule has 1 aliphatic carbocycles. The number of ether oxygens (including phenoxy) is 1. The fourth-order valence-electron chi connectivity index (χ4n) is 2.78. The molecule has 1 fully saturated rings. The first-order valence-electron chi connectivity index (χ1n) is 7.34. The second-order valence-electron chi connectivity index (χ2n) is 7.66. The van der Waals surface area contributed by atoms with Crippen LogP contribution in [0.15, 0.2) is 0 Å². The van der Waals surface area contributed by atoms with E-state index in [0.29, 0.717) is 18.4 Å². The predicted octanol–water partition coefficient (Wildman–Crippen LogP) is 4.33. The van der Waals surface area contributed by atoms with Gasteiger partial charge in [0, 0.05) is 8.07 Å². The highest BCUT2D eigenvalue weighted by Gasteiger charge is 2.58. The van der Waals surface area contributed by atoms with Crippen molar-refractivity contribution in [1.29, 1.82) is 0 Å². The molecule has 2 atom stereocenters. The van der Waals surface area contributed by atoms with E-state index in [4.69, 9.17) is 4.74 Å². The minimum atomic E-state index is -0.990. The first-order chi connectivity index (χ1) is 8.17. The first kappa shape index (κ1) is 15.7. The van der Waals surface area contributed by atoms with Gasteiger partial charge < -0.3 is 4.74 Å². The molecule has 0 aromatic rings. The molecule has 1 saturated carbocycles. The van der Waals surface area contributed by atoms with E-state index in [1.54, 1.807) is 0 Å². The number of rotatable bonds is 7.